The van der Waals surface area contributed by atoms with Crippen molar-refractivity contribution in [3.63, 3.8) is 0 Å². The average molecular weight is 311 g/mol. The number of hydrogen-bond donors (Lipinski definition) is 1. The molecule has 0 aromatic heterocycles. The Morgan fingerprint density at radius 3 is 2.78 bits per heavy atom. The Morgan fingerprint density at radius 2 is 1.91 bits per heavy atom. The van der Waals surface area contributed by atoms with Gasteiger partial charge < -0.3 is 14.8 Å². The van der Waals surface area contributed by atoms with E-state index < -0.39 is 0 Å². The van der Waals surface area contributed by atoms with Gasteiger partial charge in [0, 0.05) is 24.9 Å². The van der Waals surface area contributed by atoms with Crippen LogP contribution in [0.1, 0.15) is 36.0 Å². The molecule has 120 valence electrons. The molecule has 1 amide bonds. The number of carbonyl (C=O) groups is 1. The van der Waals surface area contributed by atoms with Gasteiger partial charge in [-0.3, -0.25) is 4.79 Å². The minimum Gasteiger partial charge on any atom is -0.349 e. The molecule has 2 aliphatic rings. The molecule has 2 aromatic carbocycles. The lowest BCUT2D eigenvalue weighted by Gasteiger charge is -2.22. The first kappa shape index (κ1) is 14.7. The summed E-state index contributed by atoms with van der Waals surface area (Å²) in [5.74, 6) is -0.424. The first-order valence-electron chi connectivity index (χ1n) is 8.34. The summed E-state index contributed by atoms with van der Waals surface area (Å²) in [5, 5.41) is 5.05. The van der Waals surface area contributed by atoms with Crippen LogP contribution in [0.25, 0.3) is 10.8 Å². The van der Waals surface area contributed by atoms with Crippen molar-refractivity contribution in [2.24, 2.45) is 0 Å². The fraction of sp³-hybridized carbons (Fsp3) is 0.421. The van der Waals surface area contributed by atoms with Gasteiger partial charge in [0.05, 0.1) is 6.61 Å². The van der Waals surface area contributed by atoms with Gasteiger partial charge in [0.25, 0.3) is 5.91 Å². The lowest BCUT2D eigenvalue weighted by Crippen LogP contribution is -2.35. The Kier molecular flexibility index (Phi) is 3.79. The SMILES string of the molecule is O=C(NCC1COC2(CCCC2)O1)c1cccc2ccccc12. The summed E-state index contributed by atoms with van der Waals surface area (Å²) in [6.07, 6.45) is 4.22. The van der Waals surface area contributed by atoms with Crippen LogP contribution in [0.4, 0.5) is 0 Å². The topological polar surface area (TPSA) is 47.6 Å². The zero-order valence-electron chi connectivity index (χ0n) is 13.1. The number of amides is 1. The molecule has 1 saturated carbocycles. The zero-order valence-corrected chi connectivity index (χ0v) is 13.1. The molecule has 1 spiro atoms. The molecular formula is C19H21NO3. The van der Waals surface area contributed by atoms with Crippen LogP contribution in [0.5, 0.6) is 0 Å². The fourth-order valence-electron chi connectivity index (χ4n) is 3.62. The summed E-state index contributed by atoms with van der Waals surface area (Å²) in [6.45, 7) is 1.06. The summed E-state index contributed by atoms with van der Waals surface area (Å²) in [7, 11) is 0. The van der Waals surface area contributed by atoms with Gasteiger partial charge in [0.2, 0.25) is 0 Å². The second-order valence-electron chi connectivity index (χ2n) is 6.41. The standard InChI is InChI=1S/C19H21NO3/c21-18(17-9-5-7-14-6-1-2-8-16(14)17)20-12-15-13-22-19(23-15)10-3-4-11-19/h1-2,5-9,15H,3-4,10-13H2,(H,20,21). The van der Waals surface area contributed by atoms with E-state index in [1.54, 1.807) is 0 Å². The van der Waals surface area contributed by atoms with Crippen LogP contribution in [0, 0.1) is 0 Å². The van der Waals surface area contributed by atoms with Crippen molar-refractivity contribution in [2.45, 2.75) is 37.6 Å². The van der Waals surface area contributed by atoms with Crippen LogP contribution in [0.2, 0.25) is 0 Å². The van der Waals surface area contributed by atoms with Crippen LogP contribution in [-0.4, -0.2) is 30.9 Å². The third-order valence-corrected chi connectivity index (χ3v) is 4.80. The molecule has 4 rings (SSSR count). The lowest BCUT2D eigenvalue weighted by molar-refractivity contribution is -0.161. The number of hydrogen-bond acceptors (Lipinski definition) is 3. The zero-order chi connectivity index (χ0) is 15.7. The molecule has 1 aliphatic heterocycles. The van der Waals surface area contributed by atoms with Crippen molar-refractivity contribution >= 4 is 16.7 Å². The molecule has 1 heterocycles. The molecule has 0 bridgehead atoms. The third kappa shape index (κ3) is 2.84. The number of rotatable bonds is 3. The fourth-order valence-corrected chi connectivity index (χ4v) is 3.62. The molecular weight excluding hydrogens is 290 g/mol. The predicted octanol–water partition coefficient (Wildman–Crippen LogP) is 3.26. The maximum Gasteiger partial charge on any atom is 0.252 e. The molecule has 23 heavy (non-hydrogen) atoms. The summed E-state index contributed by atoms with van der Waals surface area (Å²) in [6, 6.07) is 13.7. The Morgan fingerprint density at radius 1 is 1.13 bits per heavy atom. The van der Waals surface area contributed by atoms with Gasteiger partial charge in [-0.25, -0.2) is 0 Å². The molecule has 2 aromatic rings. The monoisotopic (exact) mass is 311 g/mol. The minimum absolute atomic E-state index is 0.0490. The van der Waals surface area contributed by atoms with Gasteiger partial charge in [-0.15, -0.1) is 0 Å². The molecule has 1 aliphatic carbocycles. The van der Waals surface area contributed by atoms with Crippen molar-refractivity contribution in [2.75, 3.05) is 13.2 Å². The highest BCUT2D eigenvalue weighted by atomic mass is 16.7. The van der Waals surface area contributed by atoms with Crippen molar-refractivity contribution in [3.8, 4) is 0 Å². The second-order valence-corrected chi connectivity index (χ2v) is 6.41. The van der Waals surface area contributed by atoms with Crippen LogP contribution in [0.15, 0.2) is 42.5 Å². The van der Waals surface area contributed by atoms with Gasteiger partial charge in [-0.05, 0) is 29.7 Å². The first-order chi connectivity index (χ1) is 11.3. The Bertz CT molecular complexity index is 716. The molecule has 1 saturated heterocycles. The van der Waals surface area contributed by atoms with E-state index in [9.17, 15) is 4.79 Å². The highest BCUT2D eigenvalue weighted by molar-refractivity contribution is 6.06. The molecule has 1 atom stereocenters. The Hall–Kier alpha value is -1.91. The Labute approximate surface area is 135 Å². The van der Waals surface area contributed by atoms with Gasteiger partial charge in [-0.2, -0.15) is 0 Å². The normalized spacial score (nSPS) is 22.7. The van der Waals surface area contributed by atoms with Crippen LogP contribution in [-0.2, 0) is 9.47 Å². The summed E-state index contributed by atoms with van der Waals surface area (Å²) >= 11 is 0. The van der Waals surface area contributed by atoms with E-state index in [1.165, 1.54) is 0 Å². The molecule has 0 radical (unpaired) electrons. The second kappa shape index (κ2) is 5.95. The molecule has 1 N–H and O–H groups in total. The van der Waals surface area contributed by atoms with Crippen molar-refractivity contribution < 1.29 is 14.3 Å². The van der Waals surface area contributed by atoms with Gasteiger partial charge >= 0.3 is 0 Å². The lowest BCUT2D eigenvalue weighted by atomic mass is 10.0. The van der Waals surface area contributed by atoms with Gasteiger partial charge in [0.15, 0.2) is 5.79 Å². The first-order valence-corrected chi connectivity index (χ1v) is 8.34. The van der Waals surface area contributed by atoms with Crippen molar-refractivity contribution in [1.29, 1.82) is 0 Å². The van der Waals surface area contributed by atoms with E-state index in [0.29, 0.717) is 18.7 Å². The van der Waals surface area contributed by atoms with Crippen LogP contribution < -0.4 is 5.32 Å². The van der Waals surface area contributed by atoms with Crippen molar-refractivity contribution in [3.05, 3.63) is 48.0 Å². The summed E-state index contributed by atoms with van der Waals surface area (Å²) in [4.78, 5) is 12.5. The average Bonchev–Trinajstić information content (AvgIpc) is 3.22. The van der Waals surface area contributed by atoms with E-state index in [1.807, 2.05) is 42.5 Å². The largest absolute Gasteiger partial charge is 0.349 e. The molecule has 2 fully saturated rings. The Balaban J connectivity index is 1.42. The maximum atomic E-state index is 12.5. The number of carbonyl (C=O) groups excluding carboxylic acids is 1. The van der Waals surface area contributed by atoms with E-state index >= 15 is 0 Å². The quantitative estimate of drug-likeness (QED) is 0.946. The van der Waals surface area contributed by atoms with Crippen LogP contribution in [0.3, 0.4) is 0 Å². The summed E-state index contributed by atoms with van der Waals surface area (Å²) in [5.41, 5.74) is 0.706. The van der Waals surface area contributed by atoms with E-state index in [0.717, 1.165) is 36.5 Å². The maximum absolute atomic E-state index is 12.5. The molecule has 4 nitrogen and oxygen atoms in total. The predicted molar refractivity (Wildman–Crippen MR) is 88.3 cm³/mol. The summed E-state index contributed by atoms with van der Waals surface area (Å²) < 4.78 is 11.9. The van der Waals surface area contributed by atoms with Crippen molar-refractivity contribution in [1.82, 2.24) is 5.32 Å². The van der Waals surface area contributed by atoms with E-state index in [2.05, 4.69) is 5.32 Å². The smallest absolute Gasteiger partial charge is 0.252 e. The highest BCUT2D eigenvalue weighted by Crippen LogP contribution is 2.39. The molecule has 4 heteroatoms. The third-order valence-electron chi connectivity index (χ3n) is 4.80. The number of ether oxygens (including phenoxy) is 2. The van der Waals surface area contributed by atoms with Crippen LogP contribution >= 0.6 is 0 Å². The number of nitrogens with one attached hydrogen (secondary N) is 1. The van der Waals surface area contributed by atoms with Gasteiger partial charge in [0.1, 0.15) is 6.10 Å². The minimum atomic E-state index is -0.366. The number of fused-ring (bicyclic) bond motifs is 1. The van der Waals surface area contributed by atoms with Gasteiger partial charge in [-0.1, -0.05) is 36.4 Å². The molecule has 1 unspecified atom stereocenters. The van der Waals surface area contributed by atoms with E-state index in [4.69, 9.17) is 9.47 Å². The highest BCUT2D eigenvalue weighted by Gasteiger charge is 2.43. The number of benzene rings is 2. The van der Waals surface area contributed by atoms with E-state index in [-0.39, 0.29) is 17.8 Å².